The number of rotatable bonds is 7. The van der Waals surface area contributed by atoms with Gasteiger partial charge in [0.05, 0.1) is 6.61 Å². The van der Waals surface area contributed by atoms with Crippen molar-refractivity contribution in [3.63, 3.8) is 0 Å². The summed E-state index contributed by atoms with van der Waals surface area (Å²) in [6.07, 6.45) is 3.85. The van der Waals surface area contributed by atoms with Crippen LogP contribution >= 0.6 is 7.82 Å². The molecule has 0 bridgehead atoms. The molecule has 0 radical (unpaired) electrons. The third-order valence-corrected chi connectivity index (χ3v) is 2.19. The van der Waals surface area contributed by atoms with Crippen molar-refractivity contribution in [3.8, 4) is 0 Å². The number of phosphoric acid groups is 1. The number of hydrogen-bond acceptors (Lipinski definition) is 3. The maximum absolute atomic E-state index is 10.1. The Kier molecular flexibility index (Phi) is 11.7. The molecule has 0 aromatic carbocycles. The van der Waals surface area contributed by atoms with E-state index in [-0.39, 0.29) is 36.2 Å². The Balaban J connectivity index is 0. The molecule has 1 unspecified atom stereocenters. The van der Waals surface area contributed by atoms with E-state index >= 15 is 0 Å². The van der Waals surface area contributed by atoms with Crippen LogP contribution in [0.1, 0.15) is 39.5 Å². The molecule has 80 valence electrons. The second-order valence-corrected chi connectivity index (χ2v) is 4.74. The van der Waals surface area contributed by atoms with E-state index in [0.29, 0.717) is 12.3 Å². The van der Waals surface area contributed by atoms with E-state index in [9.17, 15) is 9.46 Å². The monoisotopic (exact) mass is 232 g/mol. The molecule has 0 aliphatic rings. The summed E-state index contributed by atoms with van der Waals surface area (Å²) in [7, 11) is -4.48. The average Bonchev–Trinajstić information content (AvgIpc) is 1.93. The molecule has 4 nitrogen and oxygen atoms in total. The van der Waals surface area contributed by atoms with Crippen LogP contribution in [0.25, 0.3) is 0 Å². The van der Waals surface area contributed by atoms with Crippen LogP contribution in [0.3, 0.4) is 0 Å². The SMILES string of the molecule is CC(C)CCCCCOP(=O)([O-])O.[Na+]. The zero-order valence-corrected chi connectivity index (χ0v) is 12.1. The van der Waals surface area contributed by atoms with Crippen molar-refractivity contribution in [1.29, 1.82) is 0 Å². The second kappa shape index (κ2) is 9.34. The van der Waals surface area contributed by atoms with Gasteiger partial charge in [-0.2, -0.15) is 0 Å². The van der Waals surface area contributed by atoms with Crippen molar-refractivity contribution in [1.82, 2.24) is 0 Å². The first-order valence-corrected chi connectivity index (χ1v) is 6.09. The van der Waals surface area contributed by atoms with Gasteiger partial charge in [-0.15, -0.1) is 0 Å². The minimum absolute atomic E-state index is 0. The van der Waals surface area contributed by atoms with Crippen molar-refractivity contribution >= 4 is 7.82 Å². The van der Waals surface area contributed by atoms with Crippen LogP contribution in [0.2, 0.25) is 0 Å². The zero-order valence-electron chi connectivity index (χ0n) is 9.23. The van der Waals surface area contributed by atoms with Crippen molar-refractivity contribution in [2.75, 3.05) is 6.61 Å². The van der Waals surface area contributed by atoms with Crippen LogP contribution in [0, 0.1) is 5.92 Å². The van der Waals surface area contributed by atoms with Gasteiger partial charge in [-0.1, -0.05) is 33.1 Å². The maximum Gasteiger partial charge on any atom is 1.00 e. The molecule has 6 heteroatoms. The van der Waals surface area contributed by atoms with Gasteiger partial charge in [0.25, 0.3) is 7.82 Å². The third kappa shape index (κ3) is 15.6. The van der Waals surface area contributed by atoms with E-state index in [2.05, 4.69) is 18.4 Å². The summed E-state index contributed by atoms with van der Waals surface area (Å²) < 4.78 is 14.3. The van der Waals surface area contributed by atoms with Crippen LogP contribution in [-0.4, -0.2) is 11.5 Å². The molecule has 0 aliphatic carbocycles. The minimum atomic E-state index is -4.48. The minimum Gasteiger partial charge on any atom is -0.756 e. The third-order valence-electron chi connectivity index (χ3n) is 1.68. The summed E-state index contributed by atoms with van der Waals surface area (Å²) in [5, 5.41) is 0. The van der Waals surface area contributed by atoms with Crippen molar-refractivity contribution in [2.24, 2.45) is 5.92 Å². The van der Waals surface area contributed by atoms with E-state index < -0.39 is 7.82 Å². The summed E-state index contributed by atoms with van der Waals surface area (Å²) in [5.74, 6) is 0.685. The van der Waals surface area contributed by atoms with E-state index in [4.69, 9.17) is 4.89 Å². The van der Waals surface area contributed by atoms with Crippen LogP contribution in [0.15, 0.2) is 0 Å². The first kappa shape index (κ1) is 17.5. The summed E-state index contributed by atoms with van der Waals surface area (Å²) in [6.45, 7) is 4.39. The number of unbranched alkanes of at least 4 members (excludes halogenated alkanes) is 2. The van der Waals surface area contributed by atoms with Crippen molar-refractivity contribution in [2.45, 2.75) is 39.5 Å². The smallest absolute Gasteiger partial charge is 0.756 e. The Labute approximate surface area is 108 Å². The van der Waals surface area contributed by atoms with Gasteiger partial charge in [0.1, 0.15) is 0 Å². The largest absolute Gasteiger partial charge is 1.00 e. The quantitative estimate of drug-likeness (QED) is 0.336. The van der Waals surface area contributed by atoms with Gasteiger partial charge in [0.2, 0.25) is 0 Å². The van der Waals surface area contributed by atoms with E-state index in [0.717, 1.165) is 19.3 Å². The second-order valence-electron chi connectivity index (χ2n) is 3.54. The fourth-order valence-electron chi connectivity index (χ4n) is 1.01. The Morgan fingerprint density at radius 1 is 1.36 bits per heavy atom. The molecule has 14 heavy (non-hydrogen) atoms. The normalized spacial score (nSPS) is 14.9. The van der Waals surface area contributed by atoms with E-state index in [1.807, 2.05) is 0 Å². The van der Waals surface area contributed by atoms with Gasteiger partial charge in [-0.25, -0.2) is 0 Å². The molecule has 0 fully saturated rings. The zero-order chi connectivity index (χ0) is 10.3. The number of hydrogen-bond donors (Lipinski definition) is 1. The average molecular weight is 232 g/mol. The molecule has 0 spiro atoms. The molecular formula is C8H18NaO4P. The first-order valence-electron chi connectivity index (χ1n) is 4.60. The molecule has 0 aromatic heterocycles. The van der Waals surface area contributed by atoms with Crippen LogP contribution in [0.4, 0.5) is 0 Å². The summed E-state index contributed by atoms with van der Waals surface area (Å²) in [5.41, 5.74) is 0. The standard InChI is InChI=1S/C8H19O4P.Na/c1-8(2)6-4-3-5-7-12-13(9,10)11;/h8H,3-7H2,1-2H3,(H2,9,10,11);/q;+1/p-1. The summed E-state index contributed by atoms with van der Waals surface area (Å²) in [6, 6.07) is 0. The molecule has 0 amide bonds. The maximum atomic E-state index is 10.1. The fourth-order valence-corrected chi connectivity index (χ4v) is 1.37. The predicted octanol–water partition coefficient (Wildman–Crippen LogP) is -1.32. The fraction of sp³-hybridized carbons (Fsp3) is 1.00. The van der Waals surface area contributed by atoms with Crippen LogP contribution in [-0.2, 0) is 9.09 Å². The van der Waals surface area contributed by atoms with Crippen molar-refractivity contribution in [3.05, 3.63) is 0 Å². The molecule has 0 heterocycles. The molecule has 0 aromatic rings. The molecule has 0 saturated carbocycles. The first-order chi connectivity index (χ1) is 5.92. The molecule has 0 saturated heterocycles. The van der Waals surface area contributed by atoms with Gasteiger partial charge in [-0.3, -0.25) is 4.57 Å². The predicted molar refractivity (Wildman–Crippen MR) is 49.1 cm³/mol. The molecular weight excluding hydrogens is 214 g/mol. The van der Waals surface area contributed by atoms with Gasteiger partial charge in [-0.05, 0) is 12.3 Å². The molecule has 0 aliphatic heterocycles. The Morgan fingerprint density at radius 2 is 1.93 bits per heavy atom. The Morgan fingerprint density at radius 3 is 2.36 bits per heavy atom. The van der Waals surface area contributed by atoms with Crippen molar-refractivity contribution < 1.29 is 48.4 Å². The van der Waals surface area contributed by atoms with Gasteiger partial charge in [0.15, 0.2) is 0 Å². The van der Waals surface area contributed by atoms with Gasteiger partial charge >= 0.3 is 29.6 Å². The number of phosphoric ester groups is 1. The van der Waals surface area contributed by atoms with Gasteiger partial charge in [0, 0.05) is 0 Å². The molecule has 1 atom stereocenters. The topological polar surface area (TPSA) is 69.6 Å². The van der Waals surface area contributed by atoms with Crippen LogP contribution < -0.4 is 34.5 Å². The molecule has 1 N–H and O–H groups in total. The van der Waals surface area contributed by atoms with Gasteiger partial charge < -0.3 is 14.3 Å². The van der Waals surface area contributed by atoms with E-state index in [1.165, 1.54) is 0 Å². The Bertz CT molecular complexity index is 169. The van der Waals surface area contributed by atoms with E-state index in [1.54, 1.807) is 0 Å². The summed E-state index contributed by atoms with van der Waals surface area (Å²) >= 11 is 0. The summed E-state index contributed by atoms with van der Waals surface area (Å²) in [4.78, 5) is 18.4. The molecule has 0 rings (SSSR count). The Hall–Kier alpha value is 1.11. The van der Waals surface area contributed by atoms with Crippen LogP contribution in [0.5, 0.6) is 0 Å².